The predicted octanol–water partition coefficient (Wildman–Crippen LogP) is 5.74. The summed E-state index contributed by atoms with van der Waals surface area (Å²) in [6, 6.07) is 16.5. The molecule has 0 radical (unpaired) electrons. The molecule has 2 heterocycles. The number of benzene rings is 2. The molecule has 0 unspecified atom stereocenters. The predicted molar refractivity (Wildman–Crippen MR) is 110 cm³/mol. The fourth-order valence-corrected chi connectivity index (χ4v) is 4.77. The van der Waals surface area contributed by atoms with Gasteiger partial charge in [0.25, 0.3) is 0 Å². The molecule has 0 N–H and O–H groups in total. The van der Waals surface area contributed by atoms with Gasteiger partial charge in [0.15, 0.2) is 5.58 Å². The van der Waals surface area contributed by atoms with E-state index in [2.05, 4.69) is 24.3 Å². The van der Waals surface area contributed by atoms with Gasteiger partial charge in [-0.15, -0.1) is 0 Å². The normalized spacial score (nSPS) is 20.7. The van der Waals surface area contributed by atoms with Crippen molar-refractivity contribution in [2.24, 2.45) is 5.92 Å². The van der Waals surface area contributed by atoms with Gasteiger partial charge in [-0.3, -0.25) is 4.79 Å². The smallest absolute Gasteiger partial charge is 0.226 e. The van der Waals surface area contributed by atoms with Gasteiger partial charge in [0.05, 0.1) is 0 Å². The van der Waals surface area contributed by atoms with Crippen LogP contribution >= 0.6 is 0 Å². The summed E-state index contributed by atoms with van der Waals surface area (Å²) < 4.78 is 6.11. The van der Waals surface area contributed by atoms with Crippen LogP contribution in [-0.2, 0) is 4.79 Å². The van der Waals surface area contributed by atoms with E-state index >= 15 is 0 Å². The standard InChI is InChI=1S/C24H26N2O2/c27-24(18-10-5-2-6-11-18)26-15-7-12-21(26)23-25-20-16-19(13-14-22(20)28-23)17-8-3-1-4-9-17/h1,3-4,8-9,13-14,16,18,21H,2,5-7,10-12,15H2/t21-/m0/s1. The zero-order chi connectivity index (χ0) is 18.9. The number of hydrogen-bond donors (Lipinski definition) is 0. The number of amides is 1. The second-order valence-electron chi connectivity index (χ2n) is 8.13. The maximum Gasteiger partial charge on any atom is 0.226 e. The Morgan fingerprint density at radius 1 is 0.929 bits per heavy atom. The number of oxazole rings is 1. The third-order valence-corrected chi connectivity index (χ3v) is 6.29. The number of rotatable bonds is 3. The van der Waals surface area contributed by atoms with E-state index in [0.29, 0.717) is 11.8 Å². The first-order valence-corrected chi connectivity index (χ1v) is 10.6. The summed E-state index contributed by atoms with van der Waals surface area (Å²) in [7, 11) is 0. The Morgan fingerprint density at radius 2 is 1.75 bits per heavy atom. The van der Waals surface area contributed by atoms with Crippen molar-refractivity contribution in [3.05, 3.63) is 54.4 Å². The van der Waals surface area contributed by atoms with Crippen molar-refractivity contribution >= 4 is 17.0 Å². The molecule has 0 spiro atoms. The van der Waals surface area contributed by atoms with E-state index in [0.717, 1.165) is 48.9 Å². The van der Waals surface area contributed by atoms with E-state index in [1.165, 1.54) is 24.8 Å². The lowest BCUT2D eigenvalue weighted by Gasteiger charge is -2.29. The minimum Gasteiger partial charge on any atom is -0.438 e. The highest BCUT2D eigenvalue weighted by molar-refractivity contribution is 5.81. The number of carbonyl (C=O) groups excluding carboxylic acids is 1. The minimum absolute atomic E-state index is 0.0120. The maximum absolute atomic E-state index is 13.1. The summed E-state index contributed by atoms with van der Waals surface area (Å²) in [5, 5.41) is 0. The molecule has 1 saturated carbocycles. The zero-order valence-corrected chi connectivity index (χ0v) is 16.1. The highest BCUT2D eigenvalue weighted by atomic mass is 16.3. The molecule has 1 amide bonds. The summed E-state index contributed by atoms with van der Waals surface area (Å²) in [6.45, 7) is 0.827. The summed E-state index contributed by atoms with van der Waals surface area (Å²) in [5.41, 5.74) is 3.97. The first kappa shape index (κ1) is 17.5. The van der Waals surface area contributed by atoms with Gasteiger partial charge in [-0.1, -0.05) is 55.7 Å². The molecule has 2 aromatic carbocycles. The lowest BCUT2D eigenvalue weighted by atomic mass is 9.88. The molecule has 1 aliphatic heterocycles. The SMILES string of the molecule is O=C(C1CCCCC1)N1CCC[C@H]1c1nc2cc(-c3ccccc3)ccc2o1. The molecule has 0 bridgehead atoms. The van der Waals surface area contributed by atoms with Crippen LogP contribution in [-0.4, -0.2) is 22.3 Å². The molecule has 144 valence electrons. The van der Waals surface area contributed by atoms with Crippen LogP contribution < -0.4 is 0 Å². The third kappa shape index (κ3) is 3.21. The van der Waals surface area contributed by atoms with Crippen LogP contribution in [0.2, 0.25) is 0 Å². The van der Waals surface area contributed by atoms with Crippen LogP contribution in [0, 0.1) is 5.92 Å². The van der Waals surface area contributed by atoms with E-state index in [9.17, 15) is 4.79 Å². The van der Waals surface area contributed by atoms with E-state index < -0.39 is 0 Å². The molecule has 4 nitrogen and oxygen atoms in total. The Bertz CT molecular complexity index is 973. The number of carbonyl (C=O) groups is 1. The molecule has 1 aromatic heterocycles. The molecule has 1 saturated heterocycles. The number of nitrogens with zero attached hydrogens (tertiary/aromatic N) is 2. The van der Waals surface area contributed by atoms with Gasteiger partial charge in [0, 0.05) is 12.5 Å². The Morgan fingerprint density at radius 3 is 2.57 bits per heavy atom. The molecule has 28 heavy (non-hydrogen) atoms. The van der Waals surface area contributed by atoms with Gasteiger partial charge >= 0.3 is 0 Å². The number of hydrogen-bond acceptors (Lipinski definition) is 3. The maximum atomic E-state index is 13.1. The Hall–Kier alpha value is -2.62. The van der Waals surface area contributed by atoms with E-state index in [1.54, 1.807) is 0 Å². The van der Waals surface area contributed by atoms with Crippen LogP contribution in [0.25, 0.3) is 22.2 Å². The van der Waals surface area contributed by atoms with Crippen molar-refractivity contribution in [3.63, 3.8) is 0 Å². The van der Waals surface area contributed by atoms with Crippen molar-refractivity contribution in [2.75, 3.05) is 6.54 Å². The summed E-state index contributed by atoms with van der Waals surface area (Å²) in [6.07, 6.45) is 7.67. The molecule has 1 aliphatic carbocycles. The molecule has 2 aliphatic rings. The summed E-state index contributed by atoms with van der Waals surface area (Å²) in [4.78, 5) is 19.9. The molecule has 2 fully saturated rings. The average molecular weight is 374 g/mol. The van der Waals surface area contributed by atoms with Crippen molar-refractivity contribution in [1.29, 1.82) is 0 Å². The van der Waals surface area contributed by atoms with Crippen LogP contribution in [0.3, 0.4) is 0 Å². The molecule has 3 aromatic rings. The first-order valence-electron chi connectivity index (χ1n) is 10.6. The van der Waals surface area contributed by atoms with E-state index in [1.807, 2.05) is 29.2 Å². The van der Waals surface area contributed by atoms with Crippen LogP contribution in [0.15, 0.2) is 52.9 Å². The highest BCUT2D eigenvalue weighted by Crippen LogP contribution is 2.37. The molecular weight excluding hydrogens is 348 g/mol. The van der Waals surface area contributed by atoms with Gasteiger partial charge in [-0.25, -0.2) is 4.98 Å². The van der Waals surface area contributed by atoms with Crippen LogP contribution in [0.1, 0.15) is 56.9 Å². The van der Waals surface area contributed by atoms with Crippen LogP contribution in [0.5, 0.6) is 0 Å². The summed E-state index contributed by atoms with van der Waals surface area (Å²) >= 11 is 0. The third-order valence-electron chi connectivity index (χ3n) is 6.29. The van der Waals surface area contributed by atoms with Gasteiger partial charge in [-0.05, 0) is 48.9 Å². The molecule has 5 rings (SSSR count). The van der Waals surface area contributed by atoms with Crippen molar-refractivity contribution < 1.29 is 9.21 Å². The summed E-state index contributed by atoms with van der Waals surface area (Å²) in [5.74, 6) is 1.21. The fraction of sp³-hybridized carbons (Fsp3) is 0.417. The Balaban J connectivity index is 1.42. The van der Waals surface area contributed by atoms with E-state index in [4.69, 9.17) is 9.40 Å². The van der Waals surface area contributed by atoms with Gasteiger partial charge in [0.1, 0.15) is 11.6 Å². The van der Waals surface area contributed by atoms with Crippen LogP contribution in [0.4, 0.5) is 0 Å². The number of likely N-dealkylation sites (tertiary alicyclic amines) is 1. The van der Waals surface area contributed by atoms with Crippen molar-refractivity contribution in [1.82, 2.24) is 9.88 Å². The molecular formula is C24H26N2O2. The van der Waals surface area contributed by atoms with Gasteiger partial charge < -0.3 is 9.32 Å². The quantitative estimate of drug-likeness (QED) is 0.587. The van der Waals surface area contributed by atoms with Gasteiger partial charge in [0.2, 0.25) is 11.8 Å². The second kappa shape index (κ2) is 7.42. The highest BCUT2D eigenvalue weighted by Gasteiger charge is 2.36. The van der Waals surface area contributed by atoms with Gasteiger partial charge in [-0.2, -0.15) is 0 Å². The topological polar surface area (TPSA) is 46.3 Å². The average Bonchev–Trinajstić information content (AvgIpc) is 3.40. The van der Waals surface area contributed by atoms with Crippen molar-refractivity contribution in [2.45, 2.75) is 51.0 Å². The lowest BCUT2D eigenvalue weighted by molar-refractivity contribution is -0.137. The molecule has 1 atom stereocenters. The second-order valence-corrected chi connectivity index (χ2v) is 8.13. The Kier molecular flexibility index (Phi) is 4.63. The Labute approximate surface area is 165 Å². The van der Waals surface area contributed by atoms with E-state index in [-0.39, 0.29) is 12.0 Å². The minimum atomic E-state index is -0.0120. The lowest BCUT2D eigenvalue weighted by Crippen LogP contribution is -2.36. The largest absolute Gasteiger partial charge is 0.438 e. The first-order chi connectivity index (χ1) is 13.8. The number of fused-ring (bicyclic) bond motifs is 1. The molecule has 4 heteroatoms. The monoisotopic (exact) mass is 374 g/mol. The van der Waals surface area contributed by atoms with Crippen molar-refractivity contribution in [3.8, 4) is 11.1 Å². The number of aromatic nitrogens is 1. The zero-order valence-electron chi connectivity index (χ0n) is 16.1. The fourth-order valence-electron chi connectivity index (χ4n) is 4.77.